The summed E-state index contributed by atoms with van der Waals surface area (Å²) in [7, 11) is 0. The van der Waals surface area contributed by atoms with Gasteiger partial charge in [0.15, 0.2) is 0 Å². The molecule has 0 spiro atoms. The summed E-state index contributed by atoms with van der Waals surface area (Å²) >= 11 is 1.76. The van der Waals surface area contributed by atoms with Gasteiger partial charge in [-0.25, -0.2) is 9.97 Å². The van der Waals surface area contributed by atoms with Crippen molar-refractivity contribution in [3.05, 3.63) is 140 Å². The molecule has 3 heterocycles. The molecule has 10 rings (SSSR count). The summed E-state index contributed by atoms with van der Waals surface area (Å²) in [6, 6.07) is 49.9. The molecule has 0 saturated carbocycles. The lowest BCUT2D eigenvalue weighted by Crippen LogP contribution is -2.03. The number of benzene rings is 7. The molecular weight excluding hydrogens is 555 g/mol. The zero-order chi connectivity index (χ0) is 28.8. The Labute approximate surface area is 256 Å². The average molecular weight is 578 g/mol. The van der Waals surface area contributed by atoms with E-state index in [1.165, 1.54) is 53.2 Å². The van der Waals surface area contributed by atoms with Crippen LogP contribution in [0.3, 0.4) is 0 Å². The van der Waals surface area contributed by atoms with Crippen LogP contribution < -0.4 is 0 Å². The molecule has 4 heteroatoms. The minimum atomic E-state index is 0.693. The highest BCUT2D eigenvalue weighted by molar-refractivity contribution is 7.26. The molecule has 0 radical (unpaired) electrons. The van der Waals surface area contributed by atoms with E-state index in [0.29, 0.717) is 5.95 Å². The van der Waals surface area contributed by atoms with Crippen LogP contribution in [-0.4, -0.2) is 14.5 Å². The van der Waals surface area contributed by atoms with Crippen LogP contribution >= 0.6 is 11.3 Å². The second-order valence-electron chi connectivity index (χ2n) is 11.4. The van der Waals surface area contributed by atoms with E-state index in [-0.39, 0.29) is 0 Å². The van der Waals surface area contributed by atoms with Gasteiger partial charge in [0.1, 0.15) is 4.83 Å². The number of fused-ring (bicyclic) bond motifs is 12. The standard InChI is InChI=1S/C40H23N3S/c1-2-13-27(14-3-1)36-35-32-22-19-26-12-6-9-17-30(26)38(32)44-39(35)42-40(41-36)43-33-23-20-24-10-4-7-15-28(24)34(33)31-21-18-25-11-5-8-16-29(25)37(31)43/h1-23H. The van der Waals surface area contributed by atoms with Gasteiger partial charge in [-0.3, -0.25) is 4.57 Å². The predicted molar refractivity (Wildman–Crippen MR) is 187 cm³/mol. The highest BCUT2D eigenvalue weighted by Crippen LogP contribution is 2.44. The molecular formula is C40H23N3S. The van der Waals surface area contributed by atoms with Gasteiger partial charge in [-0.1, -0.05) is 133 Å². The first-order valence-corrected chi connectivity index (χ1v) is 15.7. The summed E-state index contributed by atoms with van der Waals surface area (Å²) in [6.45, 7) is 0. The first-order chi connectivity index (χ1) is 21.8. The fraction of sp³-hybridized carbons (Fsp3) is 0. The Morgan fingerprint density at radius 3 is 1.86 bits per heavy atom. The normalized spacial score (nSPS) is 12.1. The van der Waals surface area contributed by atoms with Crippen molar-refractivity contribution >= 4 is 85.8 Å². The fourth-order valence-electron chi connectivity index (χ4n) is 7.05. The zero-order valence-electron chi connectivity index (χ0n) is 23.5. The minimum Gasteiger partial charge on any atom is -0.277 e. The van der Waals surface area contributed by atoms with Gasteiger partial charge in [-0.05, 0) is 33.0 Å². The van der Waals surface area contributed by atoms with Crippen molar-refractivity contribution in [2.45, 2.75) is 0 Å². The van der Waals surface area contributed by atoms with Crippen molar-refractivity contribution < 1.29 is 0 Å². The van der Waals surface area contributed by atoms with Crippen LogP contribution in [0, 0.1) is 0 Å². The Balaban J connectivity index is 1.42. The molecule has 7 aromatic carbocycles. The number of hydrogen-bond donors (Lipinski definition) is 0. The van der Waals surface area contributed by atoms with Gasteiger partial charge in [0.25, 0.3) is 0 Å². The fourth-order valence-corrected chi connectivity index (χ4v) is 8.26. The summed E-state index contributed by atoms with van der Waals surface area (Å²) in [5, 5.41) is 12.1. The van der Waals surface area contributed by atoms with Crippen molar-refractivity contribution in [1.82, 2.24) is 14.5 Å². The van der Waals surface area contributed by atoms with Crippen molar-refractivity contribution in [2.75, 3.05) is 0 Å². The molecule has 204 valence electrons. The molecule has 0 N–H and O–H groups in total. The van der Waals surface area contributed by atoms with Gasteiger partial charge in [-0.2, -0.15) is 0 Å². The largest absolute Gasteiger partial charge is 0.277 e. The third kappa shape index (κ3) is 3.26. The molecule has 0 aliphatic carbocycles. The molecule has 44 heavy (non-hydrogen) atoms. The molecule has 0 fully saturated rings. The Bertz CT molecular complexity index is 2770. The Hall–Kier alpha value is -5.58. The topological polar surface area (TPSA) is 30.7 Å². The molecule has 0 atom stereocenters. The summed E-state index contributed by atoms with van der Waals surface area (Å²) < 4.78 is 3.55. The molecule has 0 aliphatic rings. The Morgan fingerprint density at radius 1 is 0.455 bits per heavy atom. The number of nitrogens with zero attached hydrogens (tertiary/aromatic N) is 3. The van der Waals surface area contributed by atoms with Crippen molar-refractivity contribution in [1.29, 1.82) is 0 Å². The van der Waals surface area contributed by atoms with Crippen LogP contribution in [0.25, 0.3) is 91.6 Å². The maximum atomic E-state index is 5.46. The molecule has 0 amide bonds. The van der Waals surface area contributed by atoms with Gasteiger partial charge in [-0.15, -0.1) is 11.3 Å². The van der Waals surface area contributed by atoms with Gasteiger partial charge in [0, 0.05) is 37.2 Å². The quantitative estimate of drug-likeness (QED) is 0.205. The average Bonchev–Trinajstić information content (AvgIpc) is 3.65. The van der Waals surface area contributed by atoms with Crippen LogP contribution in [0.4, 0.5) is 0 Å². The minimum absolute atomic E-state index is 0.693. The Kier molecular flexibility index (Phi) is 4.87. The van der Waals surface area contributed by atoms with E-state index in [0.717, 1.165) is 32.5 Å². The molecule has 0 unspecified atom stereocenters. The van der Waals surface area contributed by atoms with Gasteiger partial charge in [0.05, 0.1) is 16.7 Å². The number of rotatable bonds is 2. The Morgan fingerprint density at radius 2 is 1.07 bits per heavy atom. The number of thiophene rings is 1. The monoisotopic (exact) mass is 577 g/mol. The van der Waals surface area contributed by atoms with Gasteiger partial charge < -0.3 is 0 Å². The van der Waals surface area contributed by atoms with Crippen LogP contribution in [-0.2, 0) is 0 Å². The number of hydrogen-bond acceptors (Lipinski definition) is 3. The summed E-state index contributed by atoms with van der Waals surface area (Å²) in [4.78, 5) is 11.9. The van der Waals surface area contributed by atoms with E-state index in [1.807, 2.05) is 0 Å². The SMILES string of the molecule is c1ccc(-c2nc(-n3c4ccc5ccccc5c4c4ccc5ccccc5c43)nc3sc4c5ccccc5ccc4c23)cc1. The summed E-state index contributed by atoms with van der Waals surface area (Å²) in [5.41, 5.74) is 4.30. The zero-order valence-corrected chi connectivity index (χ0v) is 24.3. The predicted octanol–water partition coefficient (Wildman–Crippen LogP) is 11.1. The first-order valence-electron chi connectivity index (χ1n) is 14.8. The number of aromatic nitrogens is 3. The van der Waals surface area contributed by atoms with Crippen molar-refractivity contribution in [2.24, 2.45) is 0 Å². The smallest absolute Gasteiger partial charge is 0.236 e. The molecule has 0 aliphatic heterocycles. The van der Waals surface area contributed by atoms with E-state index in [4.69, 9.17) is 9.97 Å². The summed E-state index contributed by atoms with van der Waals surface area (Å²) in [5.74, 6) is 0.693. The van der Waals surface area contributed by atoms with Crippen molar-refractivity contribution in [3.8, 4) is 17.2 Å². The maximum absolute atomic E-state index is 5.46. The van der Waals surface area contributed by atoms with Gasteiger partial charge >= 0.3 is 0 Å². The molecule has 3 nitrogen and oxygen atoms in total. The molecule has 3 aromatic heterocycles. The molecule has 0 saturated heterocycles. The lowest BCUT2D eigenvalue weighted by molar-refractivity contribution is 1.02. The van der Waals surface area contributed by atoms with E-state index in [2.05, 4.69) is 144 Å². The van der Waals surface area contributed by atoms with E-state index >= 15 is 0 Å². The van der Waals surface area contributed by atoms with Crippen LogP contribution in [0.2, 0.25) is 0 Å². The van der Waals surface area contributed by atoms with Crippen LogP contribution in [0.5, 0.6) is 0 Å². The molecule has 0 bridgehead atoms. The van der Waals surface area contributed by atoms with Crippen LogP contribution in [0.15, 0.2) is 140 Å². The maximum Gasteiger partial charge on any atom is 0.236 e. The summed E-state index contributed by atoms with van der Waals surface area (Å²) in [6.07, 6.45) is 0. The van der Waals surface area contributed by atoms with Gasteiger partial charge in [0.2, 0.25) is 5.95 Å². The highest BCUT2D eigenvalue weighted by Gasteiger charge is 2.22. The first kappa shape index (κ1) is 23.9. The highest BCUT2D eigenvalue weighted by atomic mass is 32.1. The van der Waals surface area contributed by atoms with E-state index in [9.17, 15) is 0 Å². The van der Waals surface area contributed by atoms with Crippen LogP contribution in [0.1, 0.15) is 0 Å². The van der Waals surface area contributed by atoms with Crippen molar-refractivity contribution in [3.63, 3.8) is 0 Å². The lowest BCUT2D eigenvalue weighted by atomic mass is 10.0. The lowest BCUT2D eigenvalue weighted by Gasteiger charge is -2.11. The molecule has 10 aromatic rings. The third-order valence-electron chi connectivity index (χ3n) is 9.00. The van der Waals surface area contributed by atoms with E-state index < -0.39 is 0 Å². The third-order valence-corrected chi connectivity index (χ3v) is 10.1. The van der Waals surface area contributed by atoms with E-state index in [1.54, 1.807) is 11.3 Å². The second kappa shape index (κ2) is 8.96. The second-order valence-corrected chi connectivity index (χ2v) is 12.4.